The van der Waals surface area contributed by atoms with Crippen molar-refractivity contribution in [2.45, 2.75) is 19.2 Å². The Balaban J connectivity index is 1.88. The van der Waals surface area contributed by atoms with Crippen LogP contribution in [0.5, 0.6) is 0 Å². The molecule has 0 aromatic carbocycles. The molecule has 1 aliphatic heterocycles. The number of rotatable bonds is 3. The Bertz CT molecular complexity index is 566. The molecule has 1 saturated heterocycles. The summed E-state index contributed by atoms with van der Waals surface area (Å²) in [6, 6.07) is 4.03. The Morgan fingerprint density at radius 1 is 1.53 bits per heavy atom. The Morgan fingerprint density at radius 3 is 3.21 bits per heavy atom. The molecule has 3 rings (SSSR count). The van der Waals surface area contributed by atoms with Gasteiger partial charge in [0.15, 0.2) is 0 Å². The van der Waals surface area contributed by atoms with Gasteiger partial charge in [-0.15, -0.1) is 0 Å². The standard InChI is InChI=1S/C14H20N4O/c1-17-5-6-19-12(9-17)10-18-8-11(7-15)13-3-2-4-16-14(13)18/h2-4,8,12H,5-7,9-10,15H2,1H3. The number of nitrogens with zero attached hydrogens (tertiary/aromatic N) is 3. The fourth-order valence-electron chi connectivity index (χ4n) is 2.69. The smallest absolute Gasteiger partial charge is 0.140 e. The monoisotopic (exact) mass is 260 g/mol. The second-order valence-electron chi connectivity index (χ2n) is 5.14. The number of nitrogens with two attached hydrogens (primary N) is 1. The highest BCUT2D eigenvalue weighted by Gasteiger charge is 2.19. The molecular formula is C14H20N4O. The summed E-state index contributed by atoms with van der Waals surface area (Å²) in [6.45, 7) is 4.15. The molecule has 19 heavy (non-hydrogen) atoms. The lowest BCUT2D eigenvalue weighted by molar-refractivity contribution is -0.0269. The third kappa shape index (κ3) is 2.49. The summed E-state index contributed by atoms with van der Waals surface area (Å²) in [5.41, 5.74) is 7.95. The summed E-state index contributed by atoms with van der Waals surface area (Å²) < 4.78 is 7.99. The number of aromatic nitrogens is 2. The maximum atomic E-state index is 5.82. The highest BCUT2D eigenvalue weighted by Crippen LogP contribution is 2.20. The largest absolute Gasteiger partial charge is 0.374 e. The molecule has 1 fully saturated rings. The van der Waals surface area contributed by atoms with Gasteiger partial charge in [-0.25, -0.2) is 4.98 Å². The summed E-state index contributed by atoms with van der Waals surface area (Å²) >= 11 is 0. The molecular weight excluding hydrogens is 240 g/mol. The fourth-order valence-corrected chi connectivity index (χ4v) is 2.69. The van der Waals surface area contributed by atoms with E-state index in [2.05, 4.69) is 33.8 Å². The molecule has 5 nitrogen and oxygen atoms in total. The molecule has 0 aliphatic carbocycles. The second kappa shape index (κ2) is 5.28. The van der Waals surface area contributed by atoms with Crippen molar-refractivity contribution in [2.24, 2.45) is 5.73 Å². The molecule has 2 aromatic rings. The van der Waals surface area contributed by atoms with Crippen LogP contribution in [0.4, 0.5) is 0 Å². The van der Waals surface area contributed by atoms with Crippen molar-refractivity contribution in [2.75, 3.05) is 26.7 Å². The van der Waals surface area contributed by atoms with E-state index in [9.17, 15) is 0 Å². The van der Waals surface area contributed by atoms with E-state index in [0.717, 1.165) is 42.8 Å². The maximum Gasteiger partial charge on any atom is 0.140 e. The van der Waals surface area contributed by atoms with E-state index < -0.39 is 0 Å². The van der Waals surface area contributed by atoms with Gasteiger partial charge in [0.2, 0.25) is 0 Å². The quantitative estimate of drug-likeness (QED) is 0.888. The van der Waals surface area contributed by atoms with Crippen molar-refractivity contribution in [3.05, 3.63) is 30.1 Å². The van der Waals surface area contributed by atoms with Gasteiger partial charge in [-0.1, -0.05) is 0 Å². The first-order chi connectivity index (χ1) is 9.28. The van der Waals surface area contributed by atoms with Gasteiger partial charge in [0.25, 0.3) is 0 Å². The van der Waals surface area contributed by atoms with Gasteiger partial charge in [-0.2, -0.15) is 0 Å². The summed E-state index contributed by atoms with van der Waals surface area (Å²) in [6.07, 6.45) is 4.16. The average Bonchev–Trinajstić information content (AvgIpc) is 2.77. The first kappa shape index (κ1) is 12.6. The molecule has 3 heterocycles. The molecule has 0 spiro atoms. The number of likely N-dealkylation sites (N-methyl/N-ethyl adjacent to an activating group) is 1. The average molecular weight is 260 g/mol. The minimum Gasteiger partial charge on any atom is -0.374 e. The first-order valence-electron chi connectivity index (χ1n) is 6.71. The third-order valence-corrected chi connectivity index (χ3v) is 3.68. The molecule has 2 N–H and O–H groups in total. The number of pyridine rings is 1. The Kier molecular flexibility index (Phi) is 3.50. The van der Waals surface area contributed by atoms with Crippen LogP contribution in [0, 0.1) is 0 Å². The lowest BCUT2D eigenvalue weighted by atomic mass is 10.2. The van der Waals surface area contributed by atoms with Crippen LogP contribution >= 0.6 is 0 Å². The highest BCUT2D eigenvalue weighted by molar-refractivity contribution is 5.80. The Labute approximate surface area is 113 Å². The molecule has 0 bridgehead atoms. The van der Waals surface area contributed by atoms with Crippen molar-refractivity contribution in [1.29, 1.82) is 0 Å². The van der Waals surface area contributed by atoms with Gasteiger partial charge in [-0.05, 0) is 24.7 Å². The van der Waals surface area contributed by atoms with Crippen LogP contribution in [-0.4, -0.2) is 47.3 Å². The van der Waals surface area contributed by atoms with Crippen LogP contribution in [0.1, 0.15) is 5.56 Å². The van der Waals surface area contributed by atoms with Crippen molar-refractivity contribution < 1.29 is 4.74 Å². The normalized spacial score (nSPS) is 21.1. The van der Waals surface area contributed by atoms with Crippen LogP contribution < -0.4 is 5.73 Å². The SMILES string of the molecule is CN1CCOC(Cn2cc(CN)c3cccnc32)C1. The van der Waals surface area contributed by atoms with Crippen LogP contribution in [-0.2, 0) is 17.8 Å². The zero-order chi connectivity index (χ0) is 13.2. The lowest BCUT2D eigenvalue weighted by Gasteiger charge is -2.30. The van der Waals surface area contributed by atoms with Gasteiger partial charge in [0, 0.05) is 37.4 Å². The number of fused-ring (bicyclic) bond motifs is 1. The van der Waals surface area contributed by atoms with E-state index in [1.165, 1.54) is 0 Å². The molecule has 0 radical (unpaired) electrons. The number of morpholine rings is 1. The molecule has 2 aromatic heterocycles. The minimum atomic E-state index is 0.224. The first-order valence-corrected chi connectivity index (χ1v) is 6.71. The van der Waals surface area contributed by atoms with E-state index in [0.29, 0.717) is 6.54 Å². The zero-order valence-electron chi connectivity index (χ0n) is 11.2. The highest BCUT2D eigenvalue weighted by atomic mass is 16.5. The number of ether oxygens (including phenoxy) is 1. The molecule has 102 valence electrons. The lowest BCUT2D eigenvalue weighted by Crippen LogP contribution is -2.41. The van der Waals surface area contributed by atoms with Crippen LogP contribution in [0.25, 0.3) is 11.0 Å². The molecule has 1 atom stereocenters. The summed E-state index contributed by atoms with van der Waals surface area (Å²) in [5, 5.41) is 1.15. The zero-order valence-corrected chi connectivity index (χ0v) is 11.2. The van der Waals surface area contributed by atoms with Crippen molar-refractivity contribution in [3.63, 3.8) is 0 Å². The maximum absolute atomic E-state index is 5.82. The topological polar surface area (TPSA) is 56.3 Å². The summed E-state index contributed by atoms with van der Waals surface area (Å²) in [7, 11) is 2.13. The van der Waals surface area contributed by atoms with Crippen LogP contribution in [0.15, 0.2) is 24.5 Å². The van der Waals surface area contributed by atoms with Crippen LogP contribution in [0.2, 0.25) is 0 Å². The third-order valence-electron chi connectivity index (χ3n) is 3.68. The van der Waals surface area contributed by atoms with Gasteiger partial charge in [-0.3, -0.25) is 0 Å². The Morgan fingerprint density at radius 2 is 2.42 bits per heavy atom. The van der Waals surface area contributed by atoms with Crippen molar-refractivity contribution >= 4 is 11.0 Å². The second-order valence-corrected chi connectivity index (χ2v) is 5.14. The summed E-state index contributed by atoms with van der Waals surface area (Å²) in [4.78, 5) is 6.78. The number of hydrogen-bond donors (Lipinski definition) is 1. The number of hydrogen-bond acceptors (Lipinski definition) is 4. The molecule has 1 unspecified atom stereocenters. The van der Waals surface area contributed by atoms with Crippen molar-refractivity contribution in [3.8, 4) is 0 Å². The predicted molar refractivity (Wildman–Crippen MR) is 74.9 cm³/mol. The van der Waals surface area contributed by atoms with E-state index >= 15 is 0 Å². The van der Waals surface area contributed by atoms with E-state index in [1.807, 2.05) is 12.3 Å². The van der Waals surface area contributed by atoms with E-state index in [-0.39, 0.29) is 6.10 Å². The molecule has 0 saturated carbocycles. The molecule has 5 heteroatoms. The predicted octanol–water partition coefficient (Wildman–Crippen LogP) is 0.826. The molecule has 1 aliphatic rings. The fraction of sp³-hybridized carbons (Fsp3) is 0.500. The van der Waals surface area contributed by atoms with Gasteiger partial charge >= 0.3 is 0 Å². The van der Waals surface area contributed by atoms with Gasteiger partial charge < -0.3 is 19.9 Å². The van der Waals surface area contributed by atoms with E-state index in [1.54, 1.807) is 0 Å². The summed E-state index contributed by atoms with van der Waals surface area (Å²) in [5.74, 6) is 0. The minimum absolute atomic E-state index is 0.224. The Hall–Kier alpha value is -1.43. The van der Waals surface area contributed by atoms with Crippen molar-refractivity contribution in [1.82, 2.24) is 14.5 Å². The van der Waals surface area contributed by atoms with Gasteiger partial charge in [0.1, 0.15) is 5.65 Å². The van der Waals surface area contributed by atoms with Gasteiger partial charge in [0.05, 0.1) is 19.3 Å². The molecule has 0 amide bonds. The van der Waals surface area contributed by atoms with Crippen LogP contribution in [0.3, 0.4) is 0 Å². The van der Waals surface area contributed by atoms with E-state index in [4.69, 9.17) is 10.5 Å².